The maximum Gasteiger partial charge on any atom is 0.374 e. The largest absolute Gasteiger partial charge is 0.453 e. The molecule has 0 saturated carbocycles. The average molecular weight is 296 g/mol. The van der Waals surface area contributed by atoms with Crippen LogP contribution in [-0.2, 0) is 11.3 Å². The number of rotatable bonds is 5. The Morgan fingerprint density at radius 2 is 1.95 bits per heavy atom. The molecule has 0 aliphatic heterocycles. The summed E-state index contributed by atoms with van der Waals surface area (Å²) in [5.41, 5.74) is 0.558. The normalized spacial score (nSPS) is 10.2. The van der Waals surface area contributed by atoms with Gasteiger partial charge in [-0.3, -0.25) is 9.97 Å². The first-order valence-corrected chi connectivity index (χ1v) is 6.56. The molecule has 0 atom stereocenters. The maximum atomic E-state index is 11.9. The van der Waals surface area contributed by atoms with E-state index in [1.54, 1.807) is 24.4 Å². The summed E-state index contributed by atoms with van der Waals surface area (Å²) in [5, 5.41) is 0. The first-order valence-electron chi connectivity index (χ1n) is 6.56. The lowest BCUT2D eigenvalue weighted by molar-refractivity contribution is 0.0426. The number of benzene rings is 1. The standard InChI is InChI=1S/C16H12N2O4/c19-16(20-11-12-10-17-8-9-18-12)14-6-7-15(22-14)21-13-4-2-1-3-5-13/h1-10H,11H2. The van der Waals surface area contributed by atoms with Gasteiger partial charge in [0.25, 0.3) is 5.95 Å². The maximum absolute atomic E-state index is 11.9. The molecule has 6 nitrogen and oxygen atoms in total. The Morgan fingerprint density at radius 3 is 2.73 bits per heavy atom. The summed E-state index contributed by atoms with van der Waals surface area (Å²) in [5.74, 6) is 0.317. The van der Waals surface area contributed by atoms with Crippen LogP contribution in [0.4, 0.5) is 0 Å². The average Bonchev–Trinajstić information content (AvgIpc) is 3.03. The van der Waals surface area contributed by atoms with E-state index in [2.05, 4.69) is 9.97 Å². The van der Waals surface area contributed by atoms with E-state index in [1.165, 1.54) is 18.5 Å². The SMILES string of the molecule is O=C(OCc1cnccn1)c1ccc(Oc2ccccc2)o1. The fraction of sp³-hybridized carbons (Fsp3) is 0.0625. The second-order valence-electron chi connectivity index (χ2n) is 4.31. The summed E-state index contributed by atoms with van der Waals surface area (Å²) >= 11 is 0. The Kier molecular flexibility index (Phi) is 4.10. The van der Waals surface area contributed by atoms with Crippen LogP contribution in [0.5, 0.6) is 11.7 Å². The zero-order valence-corrected chi connectivity index (χ0v) is 11.5. The molecule has 110 valence electrons. The zero-order valence-electron chi connectivity index (χ0n) is 11.5. The van der Waals surface area contributed by atoms with E-state index < -0.39 is 5.97 Å². The number of furan rings is 1. The third-order valence-corrected chi connectivity index (χ3v) is 2.71. The van der Waals surface area contributed by atoms with Crippen molar-refractivity contribution in [3.8, 4) is 11.7 Å². The minimum atomic E-state index is -0.589. The predicted molar refractivity (Wildman–Crippen MR) is 76.4 cm³/mol. The van der Waals surface area contributed by atoms with Gasteiger partial charge in [-0.1, -0.05) is 18.2 Å². The smallest absolute Gasteiger partial charge is 0.374 e. The van der Waals surface area contributed by atoms with Gasteiger partial charge in [0.2, 0.25) is 5.76 Å². The Balaban J connectivity index is 1.60. The van der Waals surface area contributed by atoms with Gasteiger partial charge in [0.15, 0.2) is 0 Å². The van der Waals surface area contributed by atoms with E-state index in [1.807, 2.05) is 18.2 Å². The van der Waals surface area contributed by atoms with Gasteiger partial charge >= 0.3 is 5.97 Å². The number of hydrogen-bond donors (Lipinski definition) is 0. The van der Waals surface area contributed by atoms with Gasteiger partial charge in [0.1, 0.15) is 12.4 Å². The Hall–Kier alpha value is -3.15. The lowest BCUT2D eigenvalue weighted by atomic mass is 10.3. The topological polar surface area (TPSA) is 74.5 Å². The molecule has 2 heterocycles. The summed E-state index contributed by atoms with van der Waals surface area (Å²) in [6, 6.07) is 12.2. The lowest BCUT2D eigenvalue weighted by Crippen LogP contribution is -2.05. The van der Waals surface area contributed by atoms with Gasteiger partial charge in [-0.2, -0.15) is 0 Å². The summed E-state index contributed by atoms with van der Waals surface area (Å²) in [6.45, 7) is 0.0300. The van der Waals surface area contributed by atoms with Crippen molar-refractivity contribution >= 4 is 5.97 Å². The van der Waals surface area contributed by atoms with Crippen LogP contribution >= 0.6 is 0 Å². The Labute approximate surface area is 126 Å². The molecule has 22 heavy (non-hydrogen) atoms. The van der Waals surface area contributed by atoms with Gasteiger partial charge in [0, 0.05) is 18.5 Å². The summed E-state index contributed by atoms with van der Waals surface area (Å²) in [6.07, 6.45) is 4.60. The molecule has 0 aliphatic carbocycles. The van der Waals surface area contributed by atoms with Crippen molar-refractivity contribution < 1.29 is 18.7 Å². The van der Waals surface area contributed by atoms with Crippen molar-refractivity contribution in [2.24, 2.45) is 0 Å². The molecule has 6 heteroatoms. The molecule has 0 spiro atoms. The van der Waals surface area contributed by atoms with Crippen LogP contribution in [0.25, 0.3) is 0 Å². The van der Waals surface area contributed by atoms with E-state index in [0.717, 1.165) is 0 Å². The molecule has 3 aromatic rings. The van der Waals surface area contributed by atoms with E-state index in [0.29, 0.717) is 11.4 Å². The van der Waals surface area contributed by atoms with Gasteiger partial charge in [0.05, 0.1) is 11.9 Å². The monoisotopic (exact) mass is 296 g/mol. The third-order valence-electron chi connectivity index (χ3n) is 2.71. The molecule has 0 fully saturated rings. The van der Waals surface area contributed by atoms with Crippen molar-refractivity contribution in [3.63, 3.8) is 0 Å². The molecular weight excluding hydrogens is 284 g/mol. The minimum Gasteiger partial charge on any atom is -0.453 e. The molecule has 0 N–H and O–H groups in total. The number of esters is 1. The molecule has 2 aromatic heterocycles. The highest BCUT2D eigenvalue weighted by Gasteiger charge is 2.14. The van der Waals surface area contributed by atoms with E-state index in [9.17, 15) is 4.79 Å². The van der Waals surface area contributed by atoms with Crippen LogP contribution in [0, 0.1) is 0 Å². The number of para-hydroxylation sites is 1. The predicted octanol–water partition coefficient (Wildman–Crippen LogP) is 3.22. The van der Waals surface area contributed by atoms with Crippen LogP contribution in [0.1, 0.15) is 16.2 Å². The number of hydrogen-bond acceptors (Lipinski definition) is 6. The van der Waals surface area contributed by atoms with E-state index in [-0.39, 0.29) is 18.3 Å². The van der Waals surface area contributed by atoms with Crippen LogP contribution in [0.2, 0.25) is 0 Å². The highest BCUT2D eigenvalue weighted by Crippen LogP contribution is 2.23. The molecule has 0 radical (unpaired) electrons. The quantitative estimate of drug-likeness (QED) is 0.673. The number of nitrogens with zero attached hydrogens (tertiary/aromatic N) is 2. The first-order chi connectivity index (χ1) is 10.8. The summed E-state index contributed by atoms with van der Waals surface area (Å²) in [4.78, 5) is 19.8. The molecule has 1 aromatic carbocycles. The Bertz CT molecular complexity index is 741. The van der Waals surface area contributed by atoms with Crippen molar-refractivity contribution in [2.75, 3.05) is 0 Å². The molecule has 0 aliphatic rings. The minimum absolute atomic E-state index is 0.0300. The molecule has 0 saturated heterocycles. The fourth-order valence-corrected chi connectivity index (χ4v) is 1.70. The molecular formula is C16H12N2O4. The van der Waals surface area contributed by atoms with Crippen molar-refractivity contribution in [1.82, 2.24) is 9.97 Å². The third kappa shape index (κ3) is 3.49. The summed E-state index contributed by atoms with van der Waals surface area (Å²) < 4.78 is 15.9. The molecule has 3 rings (SSSR count). The Morgan fingerprint density at radius 1 is 1.09 bits per heavy atom. The van der Waals surface area contributed by atoms with E-state index >= 15 is 0 Å². The highest BCUT2D eigenvalue weighted by molar-refractivity contribution is 5.86. The van der Waals surface area contributed by atoms with Crippen LogP contribution in [0.3, 0.4) is 0 Å². The van der Waals surface area contributed by atoms with Gasteiger partial charge in [-0.15, -0.1) is 0 Å². The number of ether oxygens (including phenoxy) is 2. The van der Waals surface area contributed by atoms with Gasteiger partial charge in [-0.05, 0) is 18.2 Å². The summed E-state index contributed by atoms with van der Waals surface area (Å²) in [7, 11) is 0. The van der Waals surface area contributed by atoms with Crippen molar-refractivity contribution in [1.29, 1.82) is 0 Å². The molecule has 0 bridgehead atoms. The van der Waals surface area contributed by atoms with Crippen LogP contribution < -0.4 is 4.74 Å². The number of aromatic nitrogens is 2. The van der Waals surface area contributed by atoms with Crippen molar-refractivity contribution in [3.05, 3.63) is 72.5 Å². The lowest BCUT2D eigenvalue weighted by Gasteiger charge is -2.02. The van der Waals surface area contributed by atoms with Crippen molar-refractivity contribution in [2.45, 2.75) is 6.61 Å². The molecule has 0 amide bonds. The second-order valence-corrected chi connectivity index (χ2v) is 4.31. The van der Waals surface area contributed by atoms with Crippen LogP contribution in [0.15, 0.2) is 65.5 Å². The zero-order chi connectivity index (χ0) is 15.2. The van der Waals surface area contributed by atoms with Gasteiger partial charge < -0.3 is 13.9 Å². The van der Waals surface area contributed by atoms with E-state index in [4.69, 9.17) is 13.9 Å². The van der Waals surface area contributed by atoms with Gasteiger partial charge in [-0.25, -0.2) is 4.79 Å². The highest BCUT2D eigenvalue weighted by atomic mass is 16.6. The van der Waals surface area contributed by atoms with Crippen LogP contribution in [-0.4, -0.2) is 15.9 Å². The number of carbonyl (C=O) groups is 1. The first kappa shape index (κ1) is 13.8. The number of carbonyl (C=O) groups excluding carboxylic acids is 1. The fourth-order valence-electron chi connectivity index (χ4n) is 1.70. The second kappa shape index (κ2) is 6.53. The molecule has 0 unspecified atom stereocenters.